The molecule has 1 fully saturated rings. The number of aliphatic carboxylic acids is 1. The molecule has 0 saturated carbocycles. The van der Waals surface area contributed by atoms with Crippen molar-refractivity contribution in [2.75, 3.05) is 18.4 Å². The number of piperidine rings is 1. The van der Waals surface area contributed by atoms with Gasteiger partial charge in [-0.1, -0.05) is 11.6 Å². The molecular formula is C16H16ClN3O4. The number of carboxylic acids is 1. The Morgan fingerprint density at radius 3 is 2.62 bits per heavy atom. The maximum absolute atomic E-state index is 12.3. The van der Waals surface area contributed by atoms with Crippen molar-refractivity contribution in [1.82, 2.24) is 4.90 Å². The van der Waals surface area contributed by atoms with Crippen LogP contribution in [-0.2, 0) is 9.59 Å². The Balaban J connectivity index is 2.05. The molecule has 1 amide bonds. The van der Waals surface area contributed by atoms with E-state index in [1.165, 1.54) is 29.3 Å². The fourth-order valence-electron chi connectivity index (χ4n) is 2.42. The van der Waals surface area contributed by atoms with Crippen molar-refractivity contribution in [2.24, 2.45) is 5.92 Å². The predicted molar refractivity (Wildman–Crippen MR) is 87.4 cm³/mol. The minimum absolute atomic E-state index is 0.0670. The van der Waals surface area contributed by atoms with Crippen LogP contribution in [0, 0.1) is 17.2 Å². The molecule has 0 aliphatic carbocycles. The average molecular weight is 350 g/mol. The summed E-state index contributed by atoms with van der Waals surface area (Å²) in [5.41, 5.74) is 0.135. The summed E-state index contributed by atoms with van der Waals surface area (Å²) in [6.07, 6.45) is 1.93. The number of carbonyl (C=O) groups is 2. The van der Waals surface area contributed by atoms with Gasteiger partial charge in [-0.25, -0.2) is 0 Å². The lowest BCUT2D eigenvalue weighted by molar-refractivity contribution is -0.145. The number of amides is 1. The van der Waals surface area contributed by atoms with Gasteiger partial charge in [-0.15, -0.1) is 0 Å². The highest BCUT2D eigenvalue weighted by Crippen LogP contribution is 2.27. The Morgan fingerprint density at radius 2 is 2.04 bits per heavy atom. The van der Waals surface area contributed by atoms with E-state index in [0.717, 1.165) is 0 Å². The quantitative estimate of drug-likeness (QED) is 0.436. The molecule has 0 bridgehead atoms. The number of hydrogen-bond acceptors (Lipinski definition) is 5. The highest BCUT2D eigenvalue weighted by atomic mass is 35.5. The third-order valence-electron chi connectivity index (χ3n) is 3.81. The van der Waals surface area contributed by atoms with Gasteiger partial charge in [-0.05, 0) is 31.0 Å². The molecule has 7 nitrogen and oxygen atoms in total. The molecule has 0 unspecified atom stereocenters. The molecule has 2 rings (SSSR count). The van der Waals surface area contributed by atoms with Crippen molar-refractivity contribution in [3.8, 4) is 11.8 Å². The SMILES string of the molecule is N#C/C(=C/Nc1cc(Cl)ccc1O)C(=O)N1CCC(C(=O)O)CC1. The van der Waals surface area contributed by atoms with Crippen molar-refractivity contribution in [1.29, 1.82) is 5.26 Å². The number of carboxylic acid groups (broad SMARTS) is 1. The first-order chi connectivity index (χ1) is 11.4. The second-order valence-corrected chi connectivity index (χ2v) is 5.82. The van der Waals surface area contributed by atoms with Gasteiger partial charge in [0, 0.05) is 24.3 Å². The van der Waals surface area contributed by atoms with Crippen molar-refractivity contribution < 1.29 is 19.8 Å². The van der Waals surface area contributed by atoms with Gasteiger partial charge < -0.3 is 20.4 Å². The van der Waals surface area contributed by atoms with E-state index in [-0.39, 0.29) is 30.1 Å². The fraction of sp³-hybridized carbons (Fsp3) is 0.312. The van der Waals surface area contributed by atoms with Crippen molar-refractivity contribution in [3.05, 3.63) is 35.0 Å². The largest absolute Gasteiger partial charge is 0.506 e. The van der Waals surface area contributed by atoms with Crippen molar-refractivity contribution >= 4 is 29.2 Å². The lowest BCUT2D eigenvalue weighted by atomic mass is 9.97. The number of nitrogens with one attached hydrogen (secondary N) is 1. The average Bonchev–Trinajstić information content (AvgIpc) is 2.58. The molecule has 0 aromatic heterocycles. The monoisotopic (exact) mass is 349 g/mol. The number of aromatic hydroxyl groups is 1. The van der Waals surface area contributed by atoms with Crippen LogP contribution >= 0.6 is 11.6 Å². The highest BCUT2D eigenvalue weighted by molar-refractivity contribution is 6.30. The number of benzene rings is 1. The molecule has 24 heavy (non-hydrogen) atoms. The van der Waals surface area contributed by atoms with E-state index in [4.69, 9.17) is 16.7 Å². The van der Waals surface area contributed by atoms with Gasteiger partial charge >= 0.3 is 5.97 Å². The number of nitriles is 1. The number of halogens is 1. The lowest BCUT2D eigenvalue weighted by Crippen LogP contribution is -2.40. The number of phenolic OH excluding ortho intramolecular Hbond substituents is 1. The predicted octanol–water partition coefficient (Wildman–Crippen LogP) is 2.19. The summed E-state index contributed by atoms with van der Waals surface area (Å²) < 4.78 is 0. The molecule has 1 aliphatic rings. The summed E-state index contributed by atoms with van der Waals surface area (Å²) in [6, 6.07) is 6.18. The molecule has 126 valence electrons. The van der Waals surface area contributed by atoms with Crippen LogP contribution in [-0.4, -0.2) is 40.1 Å². The van der Waals surface area contributed by atoms with Gasteiger partial charge in [0.1, 0.15) is 17.4 Å². The zero-order chi connectivity index (χ0) is 17.7. The summed E-state index contributed by atoms with van der Waals surface area (Å²) >= 11 is 5.83. The zero-order valence-corrected chi connectivity index (χ0v) is 13.5. The molecular weight excluding hydrogens is 334 g/mol. The second-order valence-electron chi connectivity index (χ2n) is 5.38. The van der Waals surface area contributed by atoms with Gasteiger partial charge in [0.05, 0.1) is 11.6 Å². The Labute approximate surface area is 143 Å². The number of nitrogens with zero attached hydrogens (tertiary/aromatic N) is 2. The molecule has 0 spiro atoms. The molecule has 1 aliphatic heterocycles. The summed E-state index contributed by atoms with van der Waals surface area (Å²) in [5, 5.41) is 30.9. The molecule has 3 N–H and O–H groups in total. The van der Waals surface area contributed by atoms with Gasteiger partial charge in [0.25, 0.3) is 5.91 Å². The van der Waals surface area contributed by atoms with E-state index in [1.807, 2.05) is 6.07 Å². The number of likely N-dealkylation sites (tertiary alicyclic amines) is 1. The third kappa shape index (κ3) is 4.18. The second kappa shape index (κ2) is 7.70. The number of anilines is 1. The lowest BCUT2D eigenvalue weighted by Gasteiger charge is -2.29. The Bertz CT molecular complexity index is 719. The standard InChI is InChI=1S/C16H16ClN3O4/c17-12-1-2-14(21)13(7-12)19-9-11(8-18)15(22)20-5-3-10(4-6-20)16(23)24/h1-2,7,9-10,19,21H,3-6H2,(H,23,24)/b11-9-. The Kier molecular flexibility index (Phi) is 5.66. The van der Waals surface area contributed by atoms with Crippen LogP contribution in [0.2, 0.25) is 5.02 Å². The van der Waals surface area contributed by atoms with E-state index in [1.54, 1.807) is 0 Å². The molecule has 1 aromatic rings. The van der Waals surface area contributed by atoms with Crippen LogP contribution in [0.1, 0.15) is 12.8 Å². The van der Waals surface area contributed by atoms with Crippen molar-refractivity contribution in [2.45, 2.75) is 12.8 Å². The smallest absolute Gasteiger partial charge is 0.306 e. The molecule has 1 aromatic carbocycles. The van der Waals surface area contributed by atoms with Crippen LogP contribution in [0.15, 0.2) is 30.0 Å². The van der Waals surface area contributed by atoms with Gasteiger partial charge in [0.15, 0.2) is 0 Å². The number of phenols is 1. The van der Waals surface area contributed by atoms with Crippen LogP contribution in [0.3, 0.4) is 0 Å². The molecule has 8 heteroatoms. The number of carbonyl (C=O) groups excluding carboxylic acids is 1. The van der Waals surface area contributed by atoms with E-state index in [0.29, 0.717) is 17.9 Å². The first kappa shape index (κ1) is 17.6. The zero-order valence-electron chi connectivity index (χ0n) is 12.7. The van der Waals surface area contributed by atoms with E-state index in [9.17, 15) is 20.0 Å². The summed E-state index contributed by atoms with van der Waals surface area (Å²) in [5.74, 6) is -1.86. The van der Waals surface area contributed by atoms with Gasteiger partial charge in [-0.2, -0.15) is 5.26 Å². The maximum atomic E-state index is 12.3. The normalized spacial score (nSPS) is 15.7. The fourth-order valence-corrected chi connectivity index (χ4v) is 2.59. The van der Waals surface area contributed by atoms with Crippen LogP contribution in [0.5, 0.6) is 5.75 Å². The minimum atomic E-state index is -0.865. The minimum Gasteiger partial charge on any atom is -0.506 e. The van der Waals surface area contributed by atoms with Crippen LogP contribution in [0.4, 0.5) is 5.69 Å². The van der Waals surface area contributed by atoms with E-state index >= 15 is 0 Å². The Morgan fingerprint density at radius 1 is 1.38 bits per heavy atom. The number of hydrogen-bond donors (Lipinski definition) is 3. The first-order valence-electron chi connectivity index (χ1n) is 7.29. The van der Waals surface area contributed by atoms with Crippen molar-refractivity contribution in [3.63, 3.8) is 0 Å². The van der Waals surface area contributed by atoms with E-state index < -0.39 is 17.8 Å². The molecule has 1 heterocycles. The highest BCUT2D eigenvalue weighted by Gasteiger charge is 2.28. The van der Waals surface area contributed by atoms with Gasteiger partial charge in [0.2, 0.25) is 0 Å². The summed E-state index contributed by atoms with van der Waals surface area (Å²) in [4.78, 5) is 24.7. The molecule has 0 atom stereocenters. The summed E-state index contributed by atoms with van der Waals surface area (Å²) in [7, 11) is 0. The third-order valence-corrected chi connectivity index (χ3v) is 4.05. The Hall–Kier alpha value is -2.72. The first-order valence-corrected chi connectivity index (χ1v) is 7.67. The number of rotatable bonds is 4. The maximum Gasteiger partial charge on any atom is 0.306 e. The molecule has 1 saturated heterocycles. The van der Waals surface area contributed by atoms with Crippen LogP contribution in [0.25, 0.3) is 0 Å². The topological polar surface area (TPSA) is 114 Å². The van der Waals surface area contributed by atoms with E-state index in [2.05, 4.69) is 5.32 Å². The summed E-state index contributed by atoms with van der Waals surface area (Å²) in [6.45, 7) is 0.578. The van der Waals surface area contributed by atoms with Crippen LogP contribution < -0.4 is 5.32 Å². The molecule has 0 radical (unpaired) electrons. The van der Waals surface area contributed by atoms with Gasteiger partial charge in [-0.3, -0.25) is 9.59 Å².